The molecule has 0 bridgehead atoms. The first-order chi connectivity index (χ1) is 13.8. The van der Waals surface area contributed by atoms with E-state index in [1.807, 2.05) is 27.7 Å². The number of hydrogen-bond acceptors (Lipinski definition) is 6. The number of methoxy groups -OCH3 is 1. The zero-order valence-electron chi connectivity index (χ0n) is 18.9. The lowest BCUT2D eigenvalue weighted by Crippen LogP contribution is -2.57. The van der Waals surface area contributed by atoms with Crippen LogP contribution in [0.25, 0.3) is 0 Å². The second-order valence-electron chi connectivity index (χ2n) is 8.25. The summed E-state index contributed by atoms with van der Waals surface area (Å²) in [5, 5.41) is 6.14. The van der Waals surface area contributed by atoms with Crippen molar-refractivity contribution in [2.45, 2.75) is 58.7 Å². The van der Waals surface area contributed by atoms with Gasteiger partial charge in [0, 0.05) is 46.8 Å². The van der Waals surface area contributed by atoms with E-state index >= 15 is 0 Å². The van der Waals surface area contributed by atoms with Crippen LogP contribution in [0.1, 0.15) is 40.5 Å². The summed E-state index contributed by atoms with van der Waals surface area (Å²) in [4.78, 5) is 40.5. The summed E-state index contributed by atoms with van der Waals surface area (Å²) in [6.07, 6.45) is 1.54. The standard InChI is InChI=1S/C21H40N4O4/c1-7-16(4)20(17(29-6)8-13-26)24(5)18(27)14-23-21(28)19(15(2)3)25-11-9-22-10-12-25/h13,15-17,19-20,22H,7-12,14H2,1-6H3,(H,23,28). The largest absolute Gasteiger partial charge is 0.379 e. The molecule has 1 heterocycles. The number of aldehydes is 1. The smallest absolute Gasteiger partial charge is 0.242 e. The summed E-state index contributed by atoms with van der Waals surface area (Å²) in [6, 6.07) is -0.476. The zero-order chi connectivity index (χ0) is 22.0. The fourth-order valence-electron chi connectivity index (χ4n) is 4.12. The van der Waals surface area contributed by atoms with Gasteiger partial charge in [-0.05, 0) is 11.8 Å². The normalized spacial score (nSPS) is 19.3. The maximum atomic E-state index is 12.8. The Kier molecular flexibility index (Phi) is 11.4. The van der Waals surface area contributed by atoms with E-state index in [9.17, 15) is 14.4 Å². The van der Waals surface area contributed by atoms with Gasteiger partial charge in [-0.1, -0.05) is 34.1 Å². The van der Waals surface area contributed by atoms with Crippen molar-refractivity contribution in [1.82, 2.24) is 20.4 Å². The van der Waals surface area contributed by atoms with Crippen LogP contribution in [0.15, 0.2) is 0 Å². The number of carbonyl (C=O) groups excluding carboxylic acids is 3. The number of piperazine rings is 1. The van der Waals surface area contributed by atoms with Gasteiger partial charge in [0.2, 0.25) is 11.8 Å². The molecule has 29 heavy (non-hydrogen) atoms. The molecule has 4 unspecified atom stereocenters. The fourth-order valence-corrected chi connectivity index (χ4v) is 4.12. The molecule has 0 saturated carbocycles. The minimum atomic E-state index is -0.364. The molecule has 2 N–H and O–H groups in total. The summed E-state index contributed by atoms with van der Waals surface area (Å²) in [6.45, 7) is 11.5. The number of likely N-dealkylation sites (N-methyl/N-ethyl adjacent to an activating group) is 1. The number of nitrogens with one attached hydrogen (secondary N) is 2. The second kappa shape index (κ2) is 12.9. The Balaban J connectivity index is 2.77. The lowest BCUT2D eigenvalue weighted by atomic mass is 9.91. The monoisotopic (exact) mass is 412 g/mol. The predicted octanol–water partition coefficient (Wildman–Crippen LogP) is 0.510. The van der Waals surface area contributed by atoms with Gasteiger partial charge in [0.05, 0.1) is 24.7 Å². The van der Waals surface area contributed by atoms with E-state index in [-0.39, 0.29) is 54.8 Å². The van der Waals surface area contributed by atoms with E-state index in [2.05, 4.69) is 15.5 Å². The lowest BCUT2D eigenvalue weighted by Gasteiger charge is -2.38. The molecule has 1 rings (SSSR count). The van der Waals surface area contributed by atoms with Crippen molar-refractivity contribution in [3.8, 4) is 0 Å². The van der Waals surface area contributed by atoms with Gasteiger partial charge >= 0.3 is 0 Å². The van der Waals surface area contributed by atoms with Crippen LogP contribution in [0.4, 0.5) is 0 Å². The summed E-state index contributed by atoms with van der Waals surface area (Å²) < 4.78 is 5.50. The van der Waals surface area contributed by atoms with Gasteiger partial charge in [0.15, 0.2) is 0 Å². The van der Waals surface area contributed by atoms with Crippen LogP contribution in [0.2, 0.25) is 0 Å². The maximum absolute atomic E-state index is 12.8. The number of carbonyl (C=O) groups is 3. The molecule has 1 aliphatic heterocycles. The van der Waals surface area contributed by atoms with Crippen molar-refractivity contribution in [2.24, 2.45) is 11.8 Å². The van der Waals surface area contributed by atoms with Crippen LogP contribution in [-0.4, -0.2) is 93.0 Å². The number of amides is 2. The van der Waals surface area contributed by atoms with E-state index in [0.29, 0.717) is 0 Å². The molecule has 2 amide bonds. The molecule has 0 spiro atoms. The number of rotatable bonds is 12. The molecular weight excluding hydrogens is 372 g/mol. The molecule has 168 valence electrons. The highest BCUT2D eigenvalue weighted by molar-refractivity contribution is 5.87. The quantitative estimate of drug-likeness (QED) is 0.454. The Morgan fingerprint density at radius 2 is 1.86 bits per heavy atom. The first kappa shape index (κ1) is 25.5. The van der Waals surface area contributed by atoms with Crippen LogP contribution in [0, 0.1) is 11.8 Å². The van der Waals surface area contributed by atoms with Gasteiger partial charge in [-0.25, -0.2) is 0 Å². The second-order valence-corrected chi connectivity index (χ2v) is 8.25. The zero-order valence-corrected chi connectivity index (χ0v) is 18.9. The number of ether oxygens (including phenoxy) is 1. The lowest BCUT2D eigenvalue weighted by molar-refractivity contribution is -0.139. The third-order valence-electron chi connectivity index (χ3n) is 5.94. The molecule has 0 aromatic heterocycles. The third kappa shape index (κ3) is 7.35. The van der Waals surface area contributed by atoms with E-state index < -0.39 is 0 Å². The molecule has 4 atom stereocenters. The SMILES string of the molecule is CCC(C)C(C(CC=O)OC)N(C)C(=O)CNC(=O)C(C(C)C)N1CCNCC1. The highest BCUT2D eigenvalue weighted by Gasteiger charge is 2.33. The predicted molar refractivity (Wildman–Crippen MR) is 114 cm³/mol. The van der Waals surface area contributed by atoms with E-state index in [4.69, 9.17) is 4.74 Å². The van der Waals surface area contributed by atoms with E-state index in [1.54, 1.807) is 19.1 Å². The summed E-state index contributed by atoms with van der Waals surface area (Å²) in [7, 11) is 3.28. The van der Waals surface area contributed by atoms with Crippen molar-refractivity contribution in [2.75, 3.05) is 46.9 Å². The molecular formula is C21H40N4O4. The molecule has 1 fully saturated rings. The minimum Gasteiger partial charge on any atom is -0.379 e. The Morgan fingerprint density at radius 1 is 1.24 bits per heavy atom. The average molecular weight is 413 g/mol. The van der Waals surface area contributed by atoms with Gasteiger partial charge in [-0.15, -0.1) is 0 Å². The first-order valence-corrected chi connectivity index (χ1v) is 10.7. The Hall–Kier alpha value is -1.51. The van der Waals surface area contributed by atoms with Gasteiger partial charge < -0.3 is 25.1 Å². The number of nitrogens with zero attached hydrogens (tertiary/aromatic N) is 2. The Morgan fingerprint density at radius 3 is 2.34 bits per heavy atom. The Bertz CT molecular complexity index is 523. The highest BCUT2D eigenvalue weighted by Crippen LogP contribution is 2.21. The minimum absolute atomic E-state index is 0.0604. The third-order valence-corrected chi connectivity index (χ3v) is 5.94. The van der Waals surface area contributed by atoms with E-state index in [1.165, 1.54) is 0 Å². The van der Waals surface area contributed by atoms with Crippen molar-refractivity contribution in [3.05, 3.63) is 0 Å². The average Bonchev–Trinajstić information content (AvgIpc) is 2.71. The molecule has 0 aromatic carbocycles. The molecule has 1 aliphatic rings. The van der Waals surface area contributed by atoms with Gasteiger partial charge in [0.25, 0.3) is 0 Å². The van der Waals surface area contributed by atoms with Crippen LogP contribution in [0.3, 0.4) is 0 Å². The Labute approximate surface area is 175 Å². The summed E-state index contributed by atoms with van der Waals surface area (Å²) in [5.74, 6) is 0.0207. The highest BCUT2D eigenvalue weighted by atomic mass is 16.5. The van der Waals surface area contributed by atoms with Crippen molar-refractivity contribution < 1.29 is 19.1 Å². The van der Waals surface area contributed by atoms with Crippen molar-refractivity contribution in [1.29, 1.82) is 0 Å². The molecule has 1 saturated heterocycles. The van der Waals surface area contributed by atoms with Crippen LogP contribution < -0.4 is 10.6 Å². The van der Waals surface area contributed by atoms with Crippen LogP contribution in [-0.2, 0) is 19.1 Å². The summed E-state index contributed by atoms with van der Waals surface area (Å²) >= 11 is 0. The van der Waals surface area contributed by atoms with E-state index in [0.717, 1.165) is 38.9 Å². The molecule has 0 aliphatic carbocycles. The first-order valence-electron chi connectivity index (χ1n) is 10.7. The van der Waals surface area contributed by atoms with Crippen LogP contribution in [0.5, 0.6) is 0 Å². The van der Waals surface area contributed by atoms with Crippen molar-refractivity contribution in [3.63, 3.8) is 0 Å². The molecule has 8 nitrogen and oxygen atoms in total. The van der Waals surface area contributed by atoms with Crippen LogP contribution >= 0.6 is 0 Å². The fraction of sp³-hybridized carbons (Fsp3) is 0.857. The van der Waals surface area contributed by atoms with Crippen molar-refractivity contribution >= 4 is 18.1 Å². The molecule has 0 radical (unpaired) electrons. The van der Waals surface area contributed by atoms with Gasteiger partial charge in [-0.3, -0.25) is 14.5 Å². The maximum Gasteiger partial charge on any atom is 0.242 e. The summed E-state index contributed by atoms with van der Waals surface area (Å²) in [5.41, 5.74) is 0. The molecule has 0 aromatic rings. The molecule has 8 heteroatoms. The van der Waals surface area contributed by atoms with Gasteiger partial charge in [0.1, 0.15) is 6.29 Å². The van der Waals surface area contributed by atoms with Gasteiger partial charge in [-0.2, -0.15) is 0 Å². The number of hydrogen-bond donors (Lipinski definition) is 2. The topological polar surface area (TPSA) is 91.0 Å².